The van der Waals surface area contributed by atoms with Gasteiger partial charge in [-0.2, -0.15) is 0 Å². The summed E-state index contributed by atoms with van der Waals surface area (Å²) in [6, 6.07) is 23.4. The van der Waals surface area contributed by atoms with Crippen LogP contribution in [-0.4, -0.2) is 35.1 Å². The maximum atomic E-state index is 14.5. The van der Waals surface area contributed by atoms with Gasteiger partial charge in [0.05, 0.1) is 5.75 Å². The Balaban J connectivity index is 1.83. The van der Waals surface area contributed by atoms with E-state index >= 15 is 0 Å². The maximum Gasteiger partial charge on any atom is 0.243 e. The number of hydrogen-bond acceptors (Lipinski definition) is 3. The first-order valence-electron chi connectivity index (χ1n) is 11.5. The van der Waals surface area contributed by atoms with E-state index in [4.69, 9.17) is 0 Å². The number of carbonyl (C=O) groups excluding carboxylic acids is 2. The first kappa shape index (κ1) is 25.5. The van der Waals surface area contributed by atoms with Crippen LogP contribution in [0.5, 0.6) is 0 Å². The van der Waals surface area contributed by atoms with Gasteiger partial charge in [-0.05, 0) is 31.0 Å². The number of nitrogens with zero attached hydrogens (tertiary/aromatic N) is 1. The molecule has 0 aliphatic rings. The predicted octanol–water partition coefficient (Wildman–Crippen LogP) is 5.14. The van der Waals surface area contributed by atoms with Crippen LogP contribution in [0.15, 0.2) is 78.9 Å². The molecule has 1 unspecified atom stereocenters. The highest BCUT2D eigenvalue weighted by atomic mass is 32.2. The highest BCUT2D eigenvalue weighted by Gasteiger charge is 2.30. The first-order chi connectivity index (χ1) is 16.5. The highest BCUT2D eigenvalue weighted by molar-refractivity contribution is 7.99. The van der Waals surface area contributed by atoms with Crippen LogP contribution in [0, 0.1) is 12.7 Å². The molecule has 0 saturated carbocycles. The third-order valence-corrected chi connectivity index (χ3v) is 6.49. The van der Waals surface area contributed by atoms with Crippen molar-refractivity contribution in [3.05, 3.63) is 107 Å². The first-order valence-corrected chi connectivity index (χ1v) is 12.6. The van der Waals surface area contributed by atoms with E-state index in [1.54, 1.807) is 18.2 Å². The van der Waals surface area contributed by atoms with Gasteiger partial charge in [-0.25, -0.2) is 4.39 Å². The molecule has 0 fully saturated rings. The monoisotopic (exact) mass is 478 g/mol. The van der Waals surface area contributed by atoms with E-state index in [-0.39, 0.29) is 29.9 Å². The quantitative estimate of drug-likeness (QED) is 0.415. The molecule has 0 bridgehead atoms. The van der Waals surface area contributed by atoms with Gasteiger partial charge in [-0.1, -0.05) is 78.4 Å². The molecule has 4 nitrogen and oxygen atoms in total. The van der Waals surface area contributed by atoms with Crippen molar-refractivity contribution in [1.82, 2.24) is 10.2 Å². The third kappa shape index (κ3) is 7.45. The minimum atomic E-state index is -0.742. The van der Waals surface area contributed by atoms with Crippen molar-refractivity contribution in [2.45, 2.75) is 38.6 Å². The average Bonchev–Trinajstić information content (AvgIpc) is 2.83. The van der Waals surface area contributed by atoms with E-state index in [1.165, 1.54) is 28.3 Å². The van der Waals surface area contributed by atoms with Crippen LogP contribution in [0.4, 0.5) is 4.39 Å². The van der Waals surface area contributed by atoms with E-state index in [0.29, 0.717) is 24.3 Å². The summed E-state index contributed by atoms with van der Waals surface area (Å²) >= 11 is 1.50. The van der Waals surface area contributed by atoms with Crippen LogP contribution in [0.2, 0.25) is 0 Å². The van der Waals surface area contributed by atoms with Gasteiger partial charge in [0.2, 0.25) is 11.8 Å². The van der Waals surface area contributed by atoms with E-state index < -0.39 is 6.04 Å². The summed E-state index contributed by atoms with van der Waals surface area (Å²) in [6.07, 6.45) is 0.357. The zero-order chi connectivity index (χ0) is 24.3. The molecule has 178 valence electrons. The van der Waals surface area contributed by atoms with Gasteiger partial charge < -0.3 is 10.2 Å². The Labute approximate surface area is 205 Å². The Morgan fingerprint density at radius 1 is 0.971 bits per heavy atom. The number of amides is 2. The standard InChI is InChI=1S/C28H31FN2O2S/c1-3-30-28(33)26(17-22-11-5-4-6-12-22)31(18-24-14-7-8-15-25(24)29)27(32)20-34-19-23-13-9-10-21(2)16-23/h4-16,26H,3,17-20H2,1-2H3,(H,30,33). The molecule has 1 N–H and O–H groups in total. The lowest BCUT2D eigenvalue weighted by Crippen LogP contribution is -2.51. The Hall–Kier alpha value is -3.12. The normalized spacial score (nSPS) is 11.6. The fourth-order valence-corrected chi connectivity index (χ4v) is 4.65. The number of thioether (sulfide) groups is 1. The molecule has 3 rings (SSSR count). The molecule has 0 aliphatic heterocycles. The minimum Gasteiger partial charge on any atom is -0.355 e. The molecule has 34 heavy (non-hydrogen) atoms. The van der Waals surface area contributed by atoms with Crippen LogP contribution >= 0.6 is 11.8 Å². The smallest absolute Gasteiger partial charge is 0.243 e. The molecular formula is C28H31FN2O2S. The van der Waals surface area contributed by atoms with Crippen LogP contribution in [0.3, 0.4) is 0 Å². The van der Waals surface area contributed by atoms with E-state index in [0.717, 1.165) is 11.1 Å². The van der Waals surface area contributed by atoms with Crippen molar-refractivity contribution >= 4 is 23.6 Å². The molecule has 3 aromatic rings. The summed E-state index contributed by atoms with van der Waals surface area (Å²) in [5, 5.41) is 2.86. The number of rotatable bonds is 11. The molecule has 6 heteroatoms. The Morgan fingerprint density at radius 3 is 2.38 bits per heavy atom. The van der Waals surface area contributed by atoms with Gasteiger partial charge in [0, 0.05) is 30.8 Å². The topological polar surface area (TPSA) is 49.4 Å². The third-order valence-electron chi connectivity index (χ3n) is 5.50. The molecule has 0 radical (unpaired) electrons. The van der Waals surface area contributed by atoms with Crippen molar-refractivity contribution in [3.63, 3.8) is 0 Å². The van der Waals surface area contributed by atoms with Crippen LogP contribution < -0.4 is 5.32 Å². The number of nitrogens with one attached hydrogen (secondary N) is 1. The number of carbonyl (C=O) groups is 2. The largest absolute Gasteiger partial charge is 0.355 e. The summed E-state index contributed by atoms with van der Waals surface area (Å²) in [6.45, 7) is 4.37. The van der Waals surface area contributed by atoms with E-state index in [2.05, 4.69) is 11.4 Å². The van der Waals surface area contributed by atoms with Crippen molar-refractivity contribution < 1.29 is 14.0 Å². The van der Waals surface area contributed by atoms with Gasteiger partial charge in [-0.3, -0.25) is 9.59 Å². The minimum absolute atomic E-state index is 0.0329. The number of aryl methyl sites for hydroxylation is 1. The molecular weight excluding hydrogens is 447 g/mol. The fourth-order valence-electron chi connectivity index (χ4n) is 3.80. The average molecular weight is 479 g/mol. The van der Waals surface area contributed by atoms with E-state index in [9.17, 15) is 14.0 Å². The molecule has 0 heterocycles. The highest BCUT2D eigenvalue weighted by Crippen LogP contribution is 2.20. The second-order valence-corrected chi connectivity index (χ2v) is 9.18. The second-order valence-electron chi connectivity index (χ2n) is 8.20. The van der Waals surface area contributed by atoms with Crippen molar-refractivity contribution in [2.75, 3.05) is 12.3 Å². The molecule has 3 aromatic carbocycles. The zero-order valence-electron chi connectivity index (χ0n) is 19.7. The summed E-state index contributed by atoms with van der Waals surface area (Å²) < 4.78 is 14.5. The summed E-state index contributed by atoms with van der Waals surface area (Å²) in [5.41, 5.74) is 3.65. The van der Waals surface area contributed by atoms with Gasteiger partial charge >= 0.3 is 0 Å². The molecule has 1 atom stereocenters. The Kier molecular flexibility index (Phi) is 9.71. The Morgan fingerprint density at radius 2 is 1.68 bits per heavy atom. The lowest BCUT2D eigenvalue weighted by molar-refractivity contribution is -0.139. The summed E-state index contributed by atoms with van der Waals surface area (Å²) in [7, 11) is 0. The van der Waals surface area contributed by atoms with Crippen molar-refractivity contribution in [1.29, 1.82) is 0 Å². The predicted molar refractivity (Wildman–Crippen MR) is 137 cm³/mol. The number of benzene rings is 3. The van der Waals surface area contributed by atoms with Crippen LogP contribution in [0.25, 0.3) is 0 Å². The fraction of sp³-hybridized carbons (Fsp3) is 0.286. The van der Waals surface area contributed by atoms with Gasteiger partial charge in [-0.15, -0.1) is 11.8 Å². The summed E-state index contributed by atoms with van der Waals surface area (Å²) in [4.78, 5) is 28.1. The van der Waals surface area contributed by atoms with Gasteiger partial charge in [0.25, 0.3) is 0 Å². The number of hydrogen-bond donors (Lipinski definition) is 1. The number of likely N-dealkylation sites (N-methyl/N-ethyl adjacent to an activating group) is 1. The lowest BCUT2D eigenvalue weighted by atomic mass is 10.0. The van der Waals surface area contributed by atoms with Crippen molar-refractivity contribution in [2.24, 2.45) is 0 Å². The van der Waals surface area contributed by atoms with Crippen molar-refractivity contribution in [3.8, 4) is 0 Å². The second kappa shape index (κ2) is 12.9. The molecule has 0 aliphatic carbocycles. The van der Waals surface area contributed by atoms with Crippen LogP contribution in [0.1, 0.15) is 29.2 Å². The zero-order valence-corrected chi connectivity index (χ0v) is 20.5. The molecule has 0 spiro atoms. The molecule has 2 amide bonds. The Bertz CT molecular complexity index is 1090. The maximum absolute atomic E-state index is 14.5. The molecule has 0 saturated heterocycles. The SMILES string of the molecule is CCNC(=O)C(Cc1ccccc1)N(Cc1ccccc1F)C(=O)CSCc1cccc(C)c1. The molecule has 0 aromatic heterocycles. The summed E-state index contributed by atoms with van der Waals surface area (Å²) in [5.74, 6) is 0.0772. The van der Waals surface area contributed by atoms with E-state index in [1.807, 2.05) is 62.4 Å². The number of halogens is 1. The lowest BCUT2D eigenvalue weighted by Gasteiger charge is -2.31. The van der Waals surface area contributed by atoms with Gasteiger partial charge in [0.1, 0.15) is 11.9 Å². The van der Waals surface area contributed by atoms with Gasteiger partial charge in [0.15, 0.2) is 0 Å². The van der Waals surface area contributed by atoms with Crippen LogP contribution in [-0.2, 0) is 28.3 Å².